The second-order valence-electron chi connectivity index (χ2n) is 3.53. The number of hydrogen-bond acceptors (Lipinski definition) is 4. The standard InChI is InChI=1S/C12H17NO2S/c1-10(9-12(14)15-2)16-8-6-11-5-3-4-7-13-11/h3-5,7,10H,6,8-9H2,1-2H3. The lowest BCUT2D eigenvalue weighted by atomic mass is 10.3. The highest BCUT2D eigenvalue weighted by Gasteiger charge is 2.09. The Labute approximate surface area is 101 Å². The van der Waals surface area contributed by atoms with Gasteiger partial charge in [-0.15, -0.1) is 0 Å². The quantitative estimate of drug-likeness (QED) is 0.714. The van der Waals surface area contributed by atoms with Gasteiger partial charge in [0.05, 0.1) is 13.5 Å². The molecule has 88 valence electrons. The zero-order valence-corrected chi connectivity index (χ0v) is 10.5. The molecule has 0 fully saturated rings. The zero-order valence-electron chi connectivity index (χ0n) is 9.68. The molecule has 0 saturated carbocycles. The van der Waals surface area contributed by atoms with E-state index in [1.807, 2.05) is 25.1 Å². The Hall–Kier alpha value is -1.03. The van der Waals surface area contributed by atoms with E-state index in [0.717, 1.165) is 17.9 Å². The molecular weight excluding hydrogens is 222 g/mol. The fourth-order valence-corrected chi connectivity index (χ4v) is 2.27. The maximum absolute atomic E-state index is 11.0. The Kier molecular flexibility index (Phi) is 5.93. The summed E-state index contributed by atoms with van der Waals surface area (Å²) in [7, 11) is 1.42. The molecule has 4 heteroatoms. The summed E-state index contributed by atoms with van der Waals surface area (Å²) in [6.07, 6.45) is 3.22. The number of aryl methyl sites for hydroxylation is 1. The lowest BCUT2D eigenvalue weighted by Crippen LogP contribution is -2.09. The molecule has 0 aliphatic carbocycles. The van der Waals surface area contributed by atoms with E-state index < -0.39 is 0 Å². The van der Waals surface area contributed by atoms with Crippen molar-refractivity contribution in [3.8, 4) is 0 Å². The lowest BCUT2D eigenvalue weighted by molar-refractivity contribution is -0.140. The monoisotopic (exact) mass is 239 g/mol. The maximum atomic E-state index is 11.0. The Morgan fingerprint density at radius 2 is 2.38 bits per heavy atom. The van der Waals surface area contributed by atoms with Crippen LogP contribution in [0.2, 0.25) is 0 Å². The topological polar surface area (TPSA) is 39.2 Å². The van der Waals surface area contributed by atoms with Crippen molar-refractivity contribution in [3.63, 3.8) is 0 Å². The zero-order chi connectivity index (χ0) is 11.8. The minimum Gasteiger partial charge on any atom is -0.469 e. The first-order valence-corrected chi connectivity index (χ1v) is 6.35. The van der Waals surface area contributed by atoms with Gasteiger partial charge in [-0.3, -0.25) is 9.78 Å². The van der Waals surface area contributed by atoms with Crippen LogP contribution in [0.3, 0.4) is 0 Å². The third-order valence-corrected chi connectivity index (χ3v) is 3.34. The fourth-order valence-electron chi connectivity index (χ4n) is 1.29. The number of hydrogen-bond donors (Lipinski definition) is 0. The van der Waals surface area contributed by atoms with E-state index in [1.54, 1.807) is 18.0 Å². The van der Waals surface area contributed by atoms with Crippen LogP contribution in [-0.4, -0.2) is 29.1 Å². The molecule has 0 radical (unpaired) electrons. The number of aromatic nitrogens is 1. The first kappa shape index (κ1) is 13.0. The van der Waals surface area contributed by atoms with Gasteiger partial charge >= 0.3 is 5.97 Å². The molecule has 0 aliphatic heterocycles. The summed E-state index contributed by atoms with van der Waals surface area (Å²) < 4.78 is 4.62. The number of methoxy groups -OCH3 is 1. The van der Waals surface area contributed by atoms with E-state index in [9.17, 15) is 4.79 Å². The molecule has 0 aliphatic rings. The molecule has 1 aromatic heterocycles. The summed E-state index contributed by atoms with van der Waals surface area (Å²) in [5.74, 6) is 0.840. The van der Waals surface area contributed by atoms with Crippen molar-refractivity contribution in [1.82, 2.24) is 4.98 Å². The summed E-state index contributed by atoms with van der Waals surface area (Å²) >= 11 is 1.77. The third kappa shape index (κ3) is 5.16. The highest BCUT2D eigenvalue weighted by atomic mass is 32.2. The van der Waals surface area contributed by atoms with Gasteiger partial charge in [0, 0.05) is 17.1 Å². The van der Waals surface area contributed by atoms with Gasteiger partial charge in [-0.05, 0) is 24.3 Å². The number of esters is 1. The summed E-state index contributed by atoms with van der Waals surface area (Å²) in [6.45, 7) is 2.04. The van der Waals surface area contributed by atoms with Crippen molar-refractivity contribution in [2.75, 3.05) is 12.9 Å². The van der Waals surface area contributed by atoms with Gasteiger partial charge in [0.25, 0.3) is 0 Å². The average Bonchev–Trinajstić information content (AvgIpc) is 2.30. The molecule has 0 aromatic carbocycles. The first-order valence-electron chi connectivity index (χ1n) is 5.30. The number of nitrogens with zero attached hydrogens (tertiary/aromatic N) is 1. The van der Waals surface area contributed by atoms with Crippen LogP contribution in [-0.2, 0) is 16.0 Å². The smallest absolute Gasteiger partial charge is 0.306 e. The summed E-state index contributed by atoms with van der Waals surface area (Å²) in [4.78, 5) is 15.3. The Morgan fingerprint density at radius 3 is 3.00 bits per heavy atom. The predicted octanol–water partition coefficient (Wildman–Crippen LogP) is 2.31. The van der Waals surface area contributed by atoms with Crippen molar-refractivity contribution in [3.05, 3.63) is 30.1 Å². The van der Waals surface area contributed by atoms with Crippen molar-refractivity contribution < 1.29 is 9.53 Å². The van der Waals surface area contributed by atoms with Gasteiger partial charge in [0.15, 0.2) is 0 Å². The fraction of sp³-hybridized carbons (Fsp3) is 0.500. The number of ether oxygens (including phenoxy) is 1. The van der Waals surface area contributed by atoms with Gasteiger partial charge in [-0.25, -0.2) is 0 Å². The molecule has 0 spiro atoms. The van der Waals surface area contributed by atoms with Crippen molar-refractivity contribution in [2.45, 2.75) is 25.0 Å². The van der Waals surface area contributed by atoms with Crippen molar-refractivity contribution in [2.24, 2.45) is 0 Å². The number of thioether (sulfide) groups is 1. The van der Waals surface area contributed by atoms with Crippen LogP contribution in [0.25, 0.3) is 0 Å². The summed E-state index contributed by atoms with van der Waals surface area (Å²) in [6, 6.07) is 5.92. The third-order valence-electron chi connectivity index (χ3n) is 2.17. The Balaban J connectivity index is 2.18. The van der Waals surface area contributed by atoms with Crippen LogP contribution in [0.15, 0.2) is 24.4 Å². The minimum absolute atomic E-state index is 0.141. The molecule has 1 aromatic rings. The molecule has 0 bridgehead atoms. The van der Waals surface area contributed by atoms with Crippen LogP contribution in [0.5, 0.6) is 0 Å². The molecule has 1 unspecified atom stereocenters. The van der Waals surface area contributed by atoms with Crippen LogP contribution in [0.4, 0.5) is 0 Å². The normalized spacial score (nSPS) is 12.1. The van der Waals surface area contributed by atoms with Crippen molar-refractivity contribution in [1.29, 1.82) is 0 Å². The second-order valence-corrected chi connectivity index (χ2v) is 5.08. The average molecular weight is 239 g/mol. The SMILES string of the molecule is COC(=O)CC(C)SCCc1ccccn1. The molecular formula is C12H17NO2S. The van der Waals surface area contributed by atoms with Crippen LogP contribution >= 0.6 is 11.8 Å². The number of carbonyl (C=O) groups is 1. The molecule has 3 nitrogen and oxygen atoms in total. The number of carbonyl (C=O) groups excluding carboxylic acids is 1. The van der Waals surface area contributed by atoms with E-state index in [1.165, 1.54) is 7.11 Å². The van der Waals surface area contributed by atoms with Gasteiger partial charge < -0.3 is 4.74 Å². The van der Waals surface area contributed by atoms with Gasteiger partial charge in [0.1, 0.15) is 0 Å². The van der Waals surface area contributed by atoms with E-state index >= 15 is 0 Å². The predicted molar refractivity (Wildman–Crippen MR) is 66.5 cm³/mol. The summed E-state index contributed by atoms with van der Waals surface area (Å²) in [5.41, 5.74) is 1.10. The minimum atomic E-state index is -0.141. The second kappa shape index (κ2) is 7.28. The van der Waals surface area contributed by atoms with Gasteiger partial charge in [-0.2, -0.15) is 11.8 Å². The van der Waals surface area contributed by atoms with Gasteiger partial charge in [-0.1, -0.05) is 13.0 Å². The van der Waals surface area contributed by atoms with Crippen LogP contribution in [0.1, 0.15) is 19.0 Å². The lowest BCUT2D eigenvalue weighted by Gasteiger charge is -2.09. The molecule has 1 heterocycles. The molecule has 0 amide bonds. The Morgan fingerprint density at radius 1 is 1.56 bits per heavy atom. The van der Waals surface area contributed by atoms with E-state index in [-0.39, 0.29) is 5.97 Å². The van der Waals surface area contributed by atoms with Gasteiger partial charge in [0.2, 0.25) is 0 Å². The van der Waals surface area contributed by atoms with E-state index in [4.69, 9.17) is 0 Å². The highest BCUT2D eigenvalue weighted by molar-refractivity contribution is 7.99. The number of pyridine rings is 1. The van der Waals surface area contributed by atoms with Crippen LogP contribution in [0, 0.1) is 0 Å². The highest BCUT2D eigenvalue weighted by Crippen LogP contribution is 2.15. The molecule has 1 atom stereocenters. The largest absolute Gasteiger partial charge is 0.469 e. The maximum Gasteiger partial charge on any atom is 0.306 e. The molecule has 0 N–H and O–H groups in total. The summed E-state index contributed by atoms with van der Waals surface area (Å²) in [5, 5.41) is 0.302. The van der Waals surface area contributed by atoms with Crippen molar-refractivity contribution >= 4 is 17.7 Å². The van der Waals surface area contributed by atoms with Crippen LogP contribution < -0.4 is 0 Å². The molecule has 1 rings (SSSR count). The molecule has 0 saturated heterocycles. The number of rotatable bonds is 6. The van der Waals surface area contributed by atoms with E-state index in [0.29, 0.717) is 11.7 Å². The molecule has 16 heavy (non-hydrogen) atoms. The first-order chi connectivity index (χ1) is 7.72. The Bertz CT molecular complexity index is 316. The van der Waals surface area contributed by atoms with E-state index in [2.05, 4.69) is 9.72 Å².